The molecule has 0 fully saturated rings. The van der Waals surface area contributed by atoms with Crippen molar-refractivity contribution in [3.8, 4) is 0 Å². The molecule has 0 saturated carbocycles. The van der Waals surface area contributed by atoms with Crippen LogP contribution in [0.4, 0.5) is 5.69 Å². The Balaban J connectivity index is 1.56. The molecule has 0 spiro atoms. The maximum atomic E-state index is 13.2. The molecule has 0 aliphatic carbocycles. The molecule has 3 aromatic carbocycles. The smallest absolute Gasteiger partial charge is 0.274 e. The van der Waals surface area contributed by atoms with Gasteiger partial charge in [0, 0.05) is 40.3 Å². The Hall–Kier alpha value is -4.43. The summed E-state index contributed by atoms with van der Waals surface area (Å²) in [5.74, 6) is -1.41. The average molecular weight is 442 g/mol. The van der Waals surface area contributed by atoms with Crippen molar-refractivity contribution in [3.05, 3.63) is 102 Å². The Morgan fingerprint density at radius 1 is 0.818 bits per heavy atom. The van der Waals surface area contributed by atoms with Gasteiger partial charge in [-0.3, -0.25) is 19.6 Å². The zero-order chi connectivity index (χ0) is 23.2. The van der Waals surface area contributed by atoms with E-state index in [0.717, 1.165) is 16.5 Å². The number of fused-ring (bicyclic) bond motifs is 1. The quantitative estimate of drug-likeness (QED) is 0.223. The first-order chi connectivity index (χ1) is 16.0. The highest BCUT2D eigenvalue weighted by Crippen LogP contribution is 2.20. The first kappa shape index (κ1) is 21.8. The summed E-state index contributed by atoms with van der Waals surface area (Å²) in [5, 5.41) is 15.3. The van der Waals surface area contributed by atoms with Gasteiger partial charge in [-0.1, -0.05) is 36.4 Å². The molecule has 166 valence electrons. The van der Waals surface area contributed by atoms with Crippen LogP contribution in [0.2, 0.25) is 0 Å². The van der Waals surface area contributed by atoms with E-state index in [-0.39, 0.29) is 17.9 Å². The van der Waals surface area contributed by atoms with Crippen LogP contribution in [0, 0.1) is 0 Å². The Morgan fingerprint density at radius 2 is 1.48 bits per heavy atom. The van der Waals surface area contributed by atoms with Gasteiger partial charge in [0.1, 0.15) is 6.04 Å². The summed E-state index contributed by atoms with van der Waals surface area (Å²) in [5.41, 5.74) is 4.54. The molecule has 5 N–H and O–H groups in total. The normalized spacial score (nSPS) is 11.5. The number of carbonyl (C=O) groups is 3. The van der Waals surface area contributed by atoms with E-state index in [1.165, 1.54) is 12.1 Å². The number of benzene rings is 3. The largest absolute Gasteiger partial charge is 0.361 e. The maximum absolute atomic E-state index is 13.2. The SMILES string of the molecule is O=C(NO)c1ccc(NC(=O)[C@H](Cc2c[nH]c3ccccc23)NC(=O)c2ccccc2)cc1. The van der Waals surface area contributed by atoms with Crippen molar-refractivity contribution in [1.29, 1.82) is 0 Å². The first-order valence-corrected chi connectivity index (χ1v) is 10.3. The van der Waals surface area contributed by atoms with Gasteiger partial charge in [0.05, 0.1) is 0 Å². The lowest BCUT2D eigenvalue weighted by Gasteiger charge is -2.19. The third-order valence-electron chi connectivity index (χ3n) is 5.27. The van der Waals surface area contributed by atoms with Gasteiger partial charge in [-0.2, -0.15) is 0 Å². The lowest BCUT2D eigenvalue weighted by Crippen LogP contribution is -2.45. The van der Waals surface area contributed by atoms with Crippen molar-refractivity contribution in [1.82, 2.24) is 15.8 Å². The number of rotatable bonds is 7. The zero-order valence-electron chi connectivity index (χ0n) is 17.5. The number of aromatic amines is 1. The number of hydrogen-bond acceptors (Lipinski definition) is 4. The predicted molar refractivity (Wildman–Crippen MR) is 124 cm³/mol. The summed E-state index contributed by atoms with van der Waals surface area (Å²) in [6.45, 7) is 0. The molecule has 0 unspecified atom stereocenters. The number of anilines is 1. The van der Waals surface area contributed by atoms with E-state index in [1.54, 1.807) is 41.9 Å². The van der Waals surface area contributed by atoms with E-state index in [4.69, 9.17) is 5.21 Å². The first-order valence-electron chi connectivity index (χ1n) is 10.3. The van der Waals surface area contributed by atoms with Gasteiger partial charge in [-0.15, -0.1) is 0 Å². The van der Waals surface area contributed by atoms with E-state index in [2.05, 4.69) is 15.6 Å². The summed E-state index contributed by atoms with van der Waals surface area (Å²) < 4.78 is 0. The molecule has 3 amide bonds. The second-order valence-corrected chi connectivity index (χ2v) is 7.46. The van der Waals surface area contributed by atoms with Gasteiger partial charge in [-0.05, 0) is 48.0 Å². The molecule has 8 nitrogen and oxygen atoms in total. The Labute approximate surface area is 189 Å². The molecule has 1 heterocycles. The van der Waals surface area contributed by atoms with Crippen LogP contribution >= 0.6 is 0 Å². The van der Waals surface area contributed by atoms with Crippen LogP contribution in [-0.4, -0.2) is 34.0 Å². The summed E-state index contributed by atoms with van der Waals surface area (Å²) in [6, 6.07) is 21.6. The average Bonchev–Trinajstić information content (AvgIpc) is 3.27. The molecular weight excluding hydrogens is 420 g/mol. The Bertz CT molecular complexity index is 1280. The molecule has 0 aliphatic heterocycles. The highest BCUT2D eigenvalue weighted by atomic mass is 16.5. The minimum Gasteiger partial charge on any atom is -0.361 e. The van der Waals surface area contributed by atoms with E-state index < -0.39 is 17.9 Å². The molecule has 33 heavy (non-hydrogen) atoms. The molecule has 0 bridgehead atoms. The fraction of sp³-hybridized carbons (Fsp3) is 0.0800. The van der Waals surface area contributed by atoms with Crippen LogP contribution in [0.1, 0.15) is 26.3 Å². The molecule has 0 radical (unpaired) electrons. The lowest BCUT2D eigenvalue weighted by atomic mass is 10.0. The highest BCUT2D eigenvalue weighted by molar-refractivity contribution is 6.02. The minimum atomic E-state index is -0.850. The number of para-hydroxylation sites is 1. The second-order valence-electron chi connectivity index (χ2n) is 7.46. The fourth-order valence-corrected chi connectivity index (χ4v) is 3.56. The van der Waals surface area contributed by atoms with Crippen molar-refractivity contribution >= 4 is 34.3 Å². The van der Waals surface area contributed by atoms with E-state index >= 15 is 0 Å². The number of hydrogen-bond donors (Lipinski definition) is 5. The van der Waals surface area contributed by atoms with Crippen molar-refractivity contribution in [2.75, 3.05) is 5.32 Å². The lowest BCUT2D eigenvalue weighted by molar-refractivity contribution is -0.118. The summed E-state index contributed by atoms with van der Waals surface area (Å²) in [4.78, 5) is 40.6. The topological polar surface area (TPSA) is 123 Å². The number of aromatic nitrogens is 1. The molecular formula is C25H22N4O4. The minimum absolute atomic E-state index is 0.239. The van der Waals surface area contributed by atoms with E-state index in [9.17, 15) is 14.4 Å². The molecule has 0 saturated heterocycles. The number of nitrogens with one attached hydrogen (secondary N) is 4. The zero-order valence-corrected chi connectivity index (χ0v) is 17.5. The molecule has 4 rings (SSSR count). The number of hydroxylamine groups is 1. The van der Waals surface area contributed by atoms with Crippen LogP contribution in [0.15, 0.2) is 85.1 Å². The molecule has 1 aromatic heterocycles. The van der Waals surface area contributed by atoms with Gasteiger partial charge in [-0.25, -0.2) is 5.48 Å². The summed E-state index contributed by atoms with van der Waals surface area (Å²) in [6.07, 6.45) is 2.11. The van der Waals surface area contributed by atoms with Crippen LogP contribution in [0.3, 0.4) is 0 Å². The predicted octanol–water partition coefficient (Wildman–Crippen LogP) is 3.27. The van der Waals surface area contributed by atoms with Crippen molar-refractivity contribution in [2.24, 2.45) is 0 Å². The Kier molecular flexibility index (Phi) is 6.47. The van der Waals surface area contributed by atoms with Gasteiger partial charge >= 0.3 is 0 Å². The number of carbonyl (C=O) groups excluding carboxylic acids is 3. The van der Waals surface area contributed by atoms with Crippen molar-refractivity contribution in [2.45, 2.75) is 12.5 Å². The number of amides is 3. The van der Waals surface area contributed by atoms with Gasteiger partial charge in [0.15, 0.2) is 0 Å². The molecule has 1 atom stereocenters. The van der Waals surface area contributed by atoms with Gasteiger partial charge < -0.3 is 15.6 Å². The van der Waals surface area contributed by atoms with Crippen LogP contribution < -0.4 is 16.1 Å². The molecule has 8 heteroatoms. The Morgan fingerprint density at radius 3 is 2.21 bits per heavy atom. The van der Waals surface area contributed by atoms with Crippen molar-refractivity contribution < 1.29 is 19.6 Å². The molecule has 0 aliphatic rings. The van der Waals surface area contributed by atoms with Gasteiger partial charge in [0.25, 0.3) is 11.8 Å². The maximum Gasteiger partial charge on any atom is 0.274 e. The van der Waals surface area contributed by atoms with E-state index in [0.29, 0.717) is 11.3 Å². The fourth-order valence-electron chi connectivity index (χ4n) is 3.56. The van der Waals surface area contributed by atoms with Crippen LogP contribution in [0.25, 0.3) is 10.9 Å². The number of H-pyrrole nitrogens is 1. The standard InChI is InChI=1S/C25H22N4O4/c30-23(16-6-2-1-3-7-16)28-22(14-18-15-26-21-9-5-4-8-20(18)21)25(32)27-19-12-10-17(11-13-19)24(31)29-33/h1-13,15,22,26,33H,14H2,(H,27,32)(H,28,30)(H,29,31)/t22-/m0/s1. The third kappa shape index (κ3) is 5.08. The van der Waals surface area contributed by atoms with Gasteiger partial charge in [0.2, 0.25) is 5.91 Å². The summed E-state index contributed by atoms with van der Waals surface area (Å²) in [7, 11) is 0. The van der Waals surface area contributed by atoms with E-state index in [1.807, 2.05) is 36.5 Å². The highest BCUT2D eigenvalue weighted by Gasteiger charge is 2.23. The van der Waals surface area contributed by atoms with Crippen molar-refractivity contribution in [3.63, 3.8) is 0 Å². The molecule has 4 aromatic rings. The van der Waals surface area contributed by atoms with Crippen LogP contribution in [-0.2, 0) is 11.2 Å². The second kappa shape index (κ2) is 9.80. The third-order valence-corrected chi connectivity index (χ3v) is 5.27. The monoisotopic (exact) mass is 442 g/mol. The van der Waals surface area contributed by atoms with Crippen LogP contribution in [0.5, 0.6) is 0 Å². The summed E-state index contributed by atoms with van der Waals surface area (Å²) >= 11 is 0.